The molecule has 3 aromatic carbocycles. The van der Waals surface area contributed by atoms with Crippen LogP contribution in [0, 0.1) is 0 Å². The van der Waals surface area contributed by atoms with Crippen molar-refractivity contribution in [3.63, 3.8) is 0 Å². The van der Waals surface area contributed by atoms with Gasteiger partial charge in [-0.25, -0.2) is 0 Å². The largest absolute Gasteiger partial charge is 0.105 e. The summed E-state index contributed by atoms with van der Waals surface area (Å²) >= 11 is 2.72. The maximum Gasteiger partial charge on any atom is 0.00704 e. The van der Waals surface area contributed by atoms with Gasteiger partial charge >= 0.3 is 0 Å². The fourth-order valence-corrected chi connectivity index (χ4v) is 9.02. The van der Waals surface area contributed by atoms with Crippen molar-refractivity contribution in [2.75, 3.05) is 0 Å². The third-order valence-corrected chi connectivity index (χ3v) is 12.8. The molecule has 0 amide bonds. The van der Waals surface area contributed by atoms with E-state index in [9.17, 15) is 0 Å². The number of hydrogen-bond acceptors (Lipinski definition) is 0. The van der Waals surface area contributed by atoms with Crippen LogP contribution in [0.4, 0.5) is 0 Å². The van der Waals surface area contributed by atoms with Gasteiger partial charge in [-0.15, -0.1) is 7.20 Å². The van der Waals surface area contributed by atoms with Gasteiger partial charge in [-0.2, -0.15) is 0 Å². The van der Waals surface area contributed by atoms with E-state index in [0.717, 1.165) is 5.92 Å². The van der Waals surface area contributed by atoms with Crippen molar-refractivity contribution in [2.24, 2.45) is 0 Å². The summed E-state index contributed by atoms with van der Waals surface area (Å²) in [7, 11) is -1.25. The van der Waals surface area contributed by atoms with E-state index in [1.54, 1.807) is 0 Å². The quantitative estimate of drug-likeness (QED) is 0.335. The second-order valence-electron chi connectivity index (χ2n) is 7.07. The van der Waals surface area contributed by atoms with Gasteiger partial charge < -0.3 is 0 Å². The number of halogens is 1. The number of hydrogen-bond donors (Lipinski definition) is 0. The van der Waals surface area contributed by atoms with Crippen LogP contribution in [0.3, 0.4) is 0 Å². The van der Waals surface area contributed by atoms with Gasteiger partial charge in [-0.3, -0.25) is 0 Å². The van der Waals surface area contributed by atoms with Crippen LogP contribution in [0.15, 0.2) is 99.6 Å². The molecule has 4 rings (SSSR count). The molecule has 3 aromatic rings. The molecule has 0 N–H and O–H groups in total. The second kappa shape index (κ2) is 8.18. The smallest absolute Gasteiger partial charge is 0.00704 e. The maximum absolute atomic E-state index is 2.72. The Morgan fingerprint density at radius 3 is 1.54 bits per heavy atom. The molecule has 0 heterocycles. The Bertz CT molecular complexity index is 782. The van der Waals surface area contributed by atoms with Crippen LogP contribution in [0.5, 0.6) is 0 Å². The molecule has 0 radical (unpaired) electrons. The first-order valence-electron chi connectivity index (χ1n) is 9.51. The fraction of sp³-hybridized carbons (Fsp3) is 0.250. The number of rotatable bonds is 4. The van der Waals surface area contributed by atoms with Crippen molar-refractivity contribution in [1.82, 2.24) is 0 Å². The lowest BCUT2D eigenvalue weighted by atomic mass is 9.84. The topological polar surface area (TPSA) is 0 Å². The van der Waals surface area contributed by atoms with Crippen LogP contribution < -0.4 is 0 Å². The summed E-state index contributed by atoms with van der Waals surface area (Å²) in [6, 6.07) is 31.6. The maximum atomic E-state index is 2.72. The third kappa shape index (κ3) is 3.59. The van der Waals surface area contributed by atoms with Gasteiger partial charge in [0.15, 0.2) is 0 Å². The summed E-state index contributed by atoms with van der Waals surface area (Å²) < 4.78 is 0. The van der Waals surface area contributed by atoms with Gasteiger partial charge in [-0.1, -0.05) is 67.8 Å². The molecule has 134 valence electrons. The lowest BCUT2D eigenvalue weighted by molar-refractivity contribution is 0.443. The SMILES string of the molecule is IS(c1ccccc1)(c1ccccc1)c1ccc(C2CCCCC2)cc1. The Morgan fingerprint density at radius 2 is 1.04 bits per heavy atom. The van der Waals surface area contributed by atoms with E-state index in [-0.39, 0.29) is 0 Å². The Balaban J connectivity index is 1.75. The fourth-order valence-electron chi connectivity index (χ4n) is 3.99. The van der Waals surface area contributed by atoms with Crippen LogP contribution in [-0.4, -0.2) is 0 Å². The van der Waals surface area contributed by atoms with Gasteiger partial charge in [0, 0.05) is 14.7 Å². The summed E-state index contributed by atoms with van der Waals surface area (Å²) in [6.07, 6.45) is 6.92. The van der Waals surface area contributed by atoms with Crippen LogP contribution in [0.1, 0.15) is 43.6 Å². The second-order valence-corrected chi connectivity index (χ2v) is 13.5. The molecule has 0 bridgehead atoms. The van der Waals surface area contributed by atoms with Gasteiger partial charge in [0.2, 0.25) is 0 Å². The van der Waals surface area contributed by atoms with E-state index >= 15 is 0 Å². The highest BCUT2D eigenvalue weighted by Gasteiger charge is 2.28. The average molecular weight is 472 g/mol. The minimum Gasteiger partial charge on any atom is -0.105 e. The van der Waals surface area contributed by atoms with E-state index in [2.05, 4.69) is 106 Å². The van der Waals surface area contributed by atoms with Crippen LogP contribution in [0.2, 0.25) is 0 Å². The van der Waals surface area contributed by atoms with Crippen LogP contribution in [0.25, 0.3) is 0 Å². The molecule has 0 unspecified atom stereocenters. The standard InChI is InChI=1S/C24H25IS/c25-26(22-12-6-2-7-13-22,23-14-8-3-9-15-23)24-18-16-21(17-19-24)20-10-4-1-5-11-20/h2-3,6-9,12-20H,1,4-5,10-11H2. The van der Waals surface area contributed by atoms with Crippen molar-refractivity contribution in [3.8, 4) is 0 Å². The number of benzene rings is 3. The first kappa shape index (κ1) is 18.1. The van der Waals surface area contributed by atoms with E-state index in [1.165, 1.54) is 52.4 Å². The van der Waals surface area contributed by atoms with Gasteiger partial charge in [-0.05, 0) is 81.9 Å². The zero-order valence-electron chi connectivity index (χ0n) is 15.0. The molecule has 1 aliphatic rings. The molecule has 0 aliphatic heterocycles. The molecule has 1 aliphatic carbocycles. The molecule has 26 heavy (non-hydrogen) atoms. The molecule has 0 nitrogen and oxygen atoms in total. The molecule has 0 saturated heterocycles. The summed E-state index contributed by atoms with van der Waals surface area (Å²) in [4.78, 5) is 4.27. The van der Waals surface area contributed by atoms with Gasteiger partial charge in [0.05, 0.1) is 0 Å². The van der Waals surface area contributed by atoms with Crippen LogP contribution in [-0.2, 0) is 0 Å². The first-order chi connectivity index (χ1) is 12.8. The van der Waals surface area contributed by atoms with E-state index in [4.69, 9.17) is 0 Å². The molecule has 0 aromatic heterocycles. The Hall–Kier alpha value is -1.26. The van der Waals surface area contributed by atoms with Crippen molar-refractivity contribution >= 4 is 28.4 Å². The summed E-state index contributed by atoms with van der Waals surface area (Å²) in [6.45, 7) is 0. The minimum absolute atomic E-state index is 0.768. The molecule has 1 saturated carbocycles. The predicted molar refractivity (Wildman–Crippen MR) is 122 cm³/mol. The normalized spacial score (nSPS) is 16.3. The van der Waals surface area contributed by atoms with Crippen molar-refractivity contribution < 1.29 is 0 Å². The zero-order chi connectivity index (χ0) is 17.8. The Morgan fingerprint density at radius 1 is 0.577 bits per heavy atom. The lowest BCUT2D eigenvalue weighted by Gasteiger charge is -2.35. The average Bonchev–Trinajstić information content (AvgIpc) is 2.75. The van der Waals surface area contributed by atoms with E-state index < -0.39 is 7.20 Å². The van der Waals surface area contributed by atoms with Crippen molar-refractivity contribution in [2.45, 2.75) is 52.7 Å². The molecular formula is C24H25IS. The van der Waals surface area contributed by atoms with Crippen LogP contribution >= 0.6 is 28.4 Å². The Labute approximate surface area is 170 Å². The minimum atomic E-state index is -1.25. The highest BCUT2D eigenvalue weighted by molar-refractivity contribution is 14.2. The summed E-state index contributed by atoms with van der Waals surface area (Å²) in [5.74, 6) is 0.768. The molecule has 0 atom stereocenters. The molecule has 0 spiro atoms. The van der Waals surface area contributed by atoms with Crippen molar-refractivity contribution in [1.29, 1.82) is 0 Å². The molecule has 1 fully saturated rings. The van der Waals surface area contributed by atoms with Crippen molar-refractivity contribution in [3.05, 3.63) is 90.5 Å². The van der Waals surface area contributed by atoms with E-state index in [0.29, 0.717) is 0 Å². The third-order valence-electron chi connectivity index (χ3n) is 5.42. The predicted octanol–water partition coefficient (Wildman–Crippen LogP) is 8.37. The molecule has 2 heteroatoms. The van der Waals surface area contributed by atoms with E-state index in [1.807, 2.05) is 0 Å². The molecular weight excluding hydrogens is 447 g/mol. The van der Waals surface area contributed by atoms with Gasteiger partial charge in [0.25, 0.3) is 0 Å². The monoisotopic (exact) mass is 472 g/mol. The lowest BCUT2D eigenvalue weighted by Crippen LogP contribution is -2.04. The van der Waals surface area contributed by atoms with Gasteiger partial charge in [0.1, 0.15) is 0 Å². The zero-order valence-corrected chi connectivity index (χ0v) is 18.0. The summed E-state index contributed by atoms with van der Waals surface area (Å²) in [5, 5.41) is 0. The highest BCUT2D eigenvalue weighted by atomic mass is 127. The highest BCUT2D eigenvalue weighted by Crippen LogP contribution is 2.74. The first-order valence-corrected chi connectivity index (χ1v) is 13.7. The summed E-state index contributed by atoms with van der Waals surface area (Å²) in [5.41, 5.74) is 1.53. The Kier molecular flexibility index (Phi) is 5.70.